The van der Waals surface area contributed by atoms with Gasteiger partial charge >= 0.3 is 5.97 Å². The van der Waals surface area contributed by atoms with E-state index in [1.807, 2.05) is 41.3 Å². The normalized spacial score (nSPS) is 15.7. The first-order chi connectivity index (χ1) is 14.9. The van der Waals surface area contributed by atoms with Crippen LogP contribution in [0.15, 0.2) is 40.9 Å². The van der Waals surface area contributed by atoms with Crippen molar-refractivity contribution in [3.8, 4) is 11.5 Å². The lowest BCUT2D eigenvalue weighted by molar-refractivity contribution is -0.145. The van der Waals surface area contributed by atoms with E-state index in [1.165, 1.54) is 0 Å². The van der Waals surface area contributed by atoms with Gasteiger partial charge in [0.2, 0.25) is 5.91 Å². The third-order valence-corrected chi connectivity index (χ3v) is 5.78. The SMILES string of the molecule is CCOC(=O)CC1c2cc(OC)c(OC)cc2CCN1CC(=O)Nc1ccc(Br)cc1. The first-order valence-corrected chi connectivity index (χ1v) is 10.9. The number of carbonyl (C=O) groups is 2. The van der Waals surface area contributed by atoms with Crippen LogP contribution < -0.4 is 14.8 Å². The van der Waals surface area contributed by atoms with Crippen LogP contribution in [-0.4, -0.2) is 50.7 Å². The smallest absolute Gasteiger partial charge is 0.307 e. The number of nitrogens with one attached hydrogen (secondary N) is 1. The Kier molecular flexibility index (Phi) is 7.92. The largest absolute Gasteiger partial charge is 0.493 e. The molecule has 0 saturated heterocycles. The molecule has 1 aliphatic rings. The van der Waals surface area contributed by atoms with Crippen LogP contribution in [0, 0.1) is 0 Å². The van der Waals surface area contributed by atoms with Crippen molar-refractivity contribution in [2.24, 2.45) is 0 Å². The lowest BCUT2D eigenvalue weighted by Gasteiger charge is -2.37. The Morgan fingerprint density at radius 3 is 2.45 bits per heavy atom. The summed E-state index contributed by atoms with van der Waals surface area (Å²) in [6, 6.07) is 11.0. The van der Waals surface area contributed by atoms with E-state index in [4.69, 9.17) is 14.2 Å². The van der Waals surface area contributed by atoms with Crippen molar-refractivity contribution in [3.63, 3.8) is 0 Å². The zero-order valence-corrected chi connectivity index (χ0v) is 19.5. The molecule has 0 aromatic heterocycles. The van der Waals surface area contributed by atoms with Gasteiger partial charge in [-0.1, -0.05) is 15.9 Å². The van der Waals surface area contributed by atoms with Gasteiger partial charge in [0.15, 0.2) is 11.5 Å². The molecule has 0 saturated carbocycles. The number of anilines is 1. The molecule has 0 radical (unpaired) electrons. The summed E-state index contributed by atoms with van der Waals surface area (Å²) in [6.45, 7) is 2.90. The van der Waals surface area contributed by atoms with E-state index in [0.717, 1.165) is 27.7 Å². The zero-order valence-electron chi connectivity index (χ0n) is 17.9. The van der Waals surface area contributed by atoms with Crippen LogP contribution in [0.1, 0.15) is 30.5 Å². The quantitative estimate of drug-likeness (QED) is 0.564. The van der Waals surface area contributed by atoms with E-state index in [1.54, 1.807) is 21.1 Å². The number of methoxy groups -OCH3 is 2. The molecule has 0 spiro atoms. The molecule has 2 aromatic rings. The van der Waals surface area contributed by atoms with Crippen LogP contribution in [0.25, 0.3) is 0 Å². The Balaban J connectivity index is 1.84. The number of esters is 1. The van der Waals surface area contributed by atoms with Gasteiger partial charge in [0.1, 0.15) is 0 Å². The fraction of sp³-hybridized carbons (Fsp3) is 0.391. The van der Waals surface area contributed by atoms with Gasteiger partial charge in [0, 0.05) is 22.7 Å². The molecule has 31 heavy (non-hydrogen) atoms. The number of nitrogens with zero attached hydrogens (tertiary/aromatic N) is 1. The number of amides is 1. The van der Waals surface area contributed by atoms with Crippen molar-refractivity contribution in [2.45, 2.75) is 25.8 Å². The summed E-state index contributed by atoms with van der Waals surface area (Å²) in [5.41, 5.74) is 2.75. The van der Waals surface area contributed by atoms with Gasteiger partial charge in [0.05, 0.1) is 33.8 Å². The minimum absolute atomic E-state index is 0.139. The van der Waals surface area contributed by atoms with E-state index in [0.29, 0.717) is 24.7 Å². The maximum absolute atomic E-state index is 12.7. The fourth-order valence-electron chi connectivity index (χ4n) is 3.80. The maximum atomic E-state index is 12.7. The van der Waals surface area contributed by atoms with Gasteiger partial charge in [0.25, 0.3) is 0 Å². The number of ether oxygens (including phenoxy) is 3. The lowest BCUT2D eigenvalue weighted by Crippen LogP contribution is -2.41. The van der Waals surface area contributed by atoms with Gasteiger partial charge < -0.3 is 19.5 Å². The summed E-state index contributed by atoms with van der Waals surface area (Å²) in [7, 11) is 3.18. The molecular weight excluding hydrogens is 464 g/mol. The minimum atomic E-state index is -0.298. The second-order valence-electron chi connectivity index (χ2n) is 7.21. The fourth-order valence-corrected chi connectivity index (χ4v) is 4.07. The Labute approximate surface area is 190 Å². The van der Waals surface area contributed by atoms with Crippen molar-refractivity contribution in [1.82, 2.24) is 4.90 Å². The number of hydrogen-bond donors (Lipinski definition) is 1. The van der Waals surface area contributed by atoms with Crippen molar-refractivity contribution < 1.29 is 23.8 Å². The highest BCUT2D eigenvalue weighted by Gasteiger charge is 2.32. The second kappa shape index (κ2) is 10.6. The summed E-state index contributed by atoms with van der Waals surface area (Å²) >= 11 is 3.39. The molecule has 1 amide bonds. The Hall–Kier alpha value is -2.58. The van der Waals surface area contributed by atoms with E-state index >= 15 is 0 Å². The van der Waals surface area contributed by atoms with Crippen LogP contribution >= 0.6 is 15.9 Å². The number of carbonyl (C=O) groups excluding carboxylic acids is 2. The summed E-state index contributed by atoms with van der Waals surface area (Å²) in [5.74, 6) is 0.808. The third kappa shape index (κ3) is 5.77. The highest BCUT2D eigenvalue weighted by atomic mass is 79.9. The van der Waals surface area contributed by atoms with Crippen molar-refractivity contribution in [2.75, 3.05) is 39.2 Å². The van der Waals surface area contributed by atoms with Gasteiger partial charge in [-0.2, -0.15) is 0 Å². The minimum Gasteiger partial charge on any atom is -0.493 e. The van der Waals surface area contributed by atoms with Gasteiger partial charge in [-0.3, -0.25) is 14.5 Å². The molecule has 1 aliphatic heterocycles. The van der Waals surface area contributed by atoms with Crippen molar-refractivity contribution >= 4 is 33.5 Å². The van der Waals surface area contributed by atoms with Crippen LogP contribution in [0.3, 0.4) is 0 Å². The predicted molar refractivity (Wildman–Crippen MR) is 122 cm³/mol. The van der Waals surface area contributed by atoms with E-state index in [-0.39, 0.29) is 30.9 Å². The molecule has 0 fully saturated rings. The molecule has 3 rings (SSSR count). The van der Waals surface area contributed by atoms with Crippen LogP contribution in [0.4, 0.5) is 5.69 Å². The van der Waals surface area contributed by atoms with Crippen molar-refractivity contribution in [1.29, 1.82) is 0 Å². The molecule has 0 aliphatic carbocycles. The number of benzene rings is 2. The zero-order chi connectivity index (χ0) is 22.4. The van der Waals surface area contributed by atoms with Gasteiger partial charge in [-0.25, -0.2) is 0 Å². The van der Waals surface area contributed by atoms with Gasteiger partial charge in [-0.05, 0) is 60.9 Å². The molecular formula is C23H27BrN2O5. The van der Waals surface area contributed by atoms with E-state index < -0.39 is 0 Å². The number of rotatable bonds is 8. The molecule has 1 N–H and O–H groups in total. The van der Waals surface area contributed by atoms with Crippen LogP contribution in [-0.2, 0) is 20.7 Å². The summed E-state index contributed by atoms with van der Waals surface area (Å²) in [5, 5.41) is 2.92. The first kappa shape index (κ1) is 23.1. The average molecular weight is 491 g/mol. The molecule has 1 unspecified atom stereocenters. The molecule has 7 nitrogen and oxygen atoms in total. The maximum Gasteiger partial charge on any atom is 0.307 e. The number of halogens is 1. The Bertz CT molecular complexity index is 932. The van der Waals surface area contributed by atoms with Crippen LogP contribution in [0.5, 0.6) is 11.5 Å². The molecule has 1 heterocycles. The standard InChI is InChI=1S/C23H27BrN2O5/c1-4-31-23(28)13-19-18-12-21(30-3)20(29-2)11-15(18)9-10-26(19)14-22(27)25-17-7-5-16(24)6-8-17/h5-8,11-12,19H,4,9-10,13-14H2,1-3H3,(H,25,27). The van der Waals surface area contributed by atoms with Crippen molar-refractivity contribution in [3.05, 3.63) is 52.0 Å². The first-order valence-electron chi connectivity index (χ1n) is 10.1. The Morgan fingerprint density at radius 1 is 1.13 bits per heavy atom. The summed E-state index contributed by atoms with van der Waals surface area (Å²) in [4.78, 5) is 27.1. The Morgan fingerprint density at radius 2 is 1.81 bits per heavy atom. The third-order valence-electron chi connectivity index (χ3n) is 5.25. The average Bonchev–Trinajstić information content (AvgIpc) is 2.76. The molecule has 1 atom stereocenters. The molecule has 8 heteroatoms. The van der Waals surface area contributed by atoms with Gasteiger partial charge in [-0.15, -0.1) is 0 Å². The molecule has 0 bridgehead atoms. The van der Waals surface area contributed by atoms with Crippen LogP contribution in [0.2, 0.25) is 0 Å². The highest BCUT2D eigenvalue weighted by molar-refractivity contribution is 9.10. The van der Waals surface area contributed by atoms with E-state index in [9.17, 15) is 9.59 Å². The summed E-state index contributed by atoms with van der Waals surface area (Å²) < 4.78 is 17.0. The molecule has 2 aromatic carbocycles. The van der Waals surface area contributed by atoms with E-state index in [2.05, 4.69) is 21.2 Å². The number of fused-ring (bicyclic) bond motifs is 1. The monoisotopic (exact) mass is 490 g/mol. The topological polar surface area (TPSA) is 77.1 Å². The lowest BCUT2D eigenvalue weighted by atomic mass is 9.90. The summed E-state index contributed by atoms with van der Waals surface area (Å²) in [6.07, 6.45) is 0.891. The highest BCUT2D eigenvalue weighted by Crippen LogP contribution is 2.39. The number of hydrogen-bond acceptors (Lipinski definition) is 6. The molecule has 166 valence electrons. The predicted octanol–water partition coefficient (Wildman–Crippen LogP) is 3.96. The second-order valence-corrected chi connectivity index (χ2v) is 8.12.